The van der Waals surface area contributed by atoms with E-state index in [0.717, 1.165) is 38.3 Å². The standard InChI is InChI=1S/C14H21N5/c1-2-3-9-19(11-13-5-4-7-16-13)14-12(10-15)6-8-17-18-14/h6,8,13,16H,2-5,7,9,11H2,1H3. The molecular formula is C14H21N5. The number of nitrogens with one attached hydrogen (secondary N) is 1. The van der Waals surface area contributed by atoms with E-state index < -0.39 is 0 Å². The second-order valence-corrected chi connectivity index (χ2v) is 4.97. The highest BCUT2D eigenvalue weighted by Crippen LogP contribution is 2.18. The van der Waals surface area contributed by atoms with Gasteiger partial charge in [-0.2, -0.15) is 10.4 Å². The van der Waals surface area contributed by atoms with E-state index in [1.54, 1.807) is 12.3 Å². The molecule has 1 aliphatic heterocycles. The predicted molar refractivity (Wildman–Crippen MR) is 74.9 cm³/mol. The Bertz CT molecular complexity index is 434. The highest BCUT2D eigenvalue weighted by molar-refractivity contribution is 5.52. The van der Waals surface area contributed by atoms with E-state index in [2.05, 4.69) is 33.4 Å². The van der Waals surface area contributed by atoms with Gasteiger partial charge < -0.3 is 10.2 Å². The summed E-state index contributed by atoms with van der Waals surface area (Å²) in [5, 5.41) is 20.8. The van der Waals surface area contributed by atoms with Crippen LogP contribution in [0.15, 0.2) is 12.3 Å². The molecule has 0 saturated carbocycles. The SMILES string of the molecule is CCCCN(CC1CCCN1)c1nnccc1C#N. The predicted octanol–water partition coefficient (Wildman–Crippen LogP) is 1.71. The first kappa shape index (κ1) is 13.8. The molecule has 5 nitrogen and oxygen atoms in total. The summed E-state index contributed by atoms with van der Waals surface area (Å²) in [4.78, 5) is 2.21. The van der Waals surface area contributed by atoms with Crippen molar-refractivity contribution in [2.24, 2.45) is 0 Å². The smallest absolute Gasteiger partial charge is 0.169 e. The largest absolute Gasteiger partial charge is 0.352 e. The Kier molecular flexibility index (Phi) is 5.10. The van der Waals surface area contributed by atoms with E-state index in [9.17, 15) is 5.26 Å². The van der Waals surface area contributed by atoms with E-state index >= 15 is 0 Å². The molecule has 0 spiro atoms. The van der Waals surface area contributed by atoms with Crippen molar-refractivity contribution in [3.63, 3.8) is 0 Å². The molecule has 1 saturated heterocycles. The molecule has 102 valence electrons. The zero-order chi connectivity index (χ0) is 13.5. The van der Waals surface area contributed by atoms with Crippen LogP contribution in [0.4, 0.5) is 5.82 Å². The third-order valence-electron chi connectivity index (χ3n) is 3.51. The summed E-state index contributed by atoms with van der Waals surface area (Å²) in [5.41, 5.74) is 0.615. The first-order valence-corrected chi connectivity index (χ1v) is 7.05. The van der Waals surface area contributed by atoms with Crippen molar-refractivity contribution in [3.8, 4) is 6.07 Å². The lowest BCUT2D eigenvalue weighted by Crippen LogP contribution is -2.39. The zero-order valence-corrected chi connectivity index (χ0v) is 11.5. The van der Waals surface area contributed by atoms with E-state index in [1.807, 2.05) is 0 Å². The fourth-order valence-corrected chi connectivity index (χ4v) is 2.46. The molecule has 0 radical (unpaired) electrons. The number of rotatable bonds is 6. The lowest BCUT2D eigenvalue weighted by atomic mass is 10.2. The number of anilines is 1. The average molecular weight is 259 g/mol. The Morgan fingerprint density at radius 2 is 2.47 bits per heavy atom. The molecule has 1 unspecified atom stereocenters. The third-order valence-corrected chi connectivity index (χ3v) is 3.51. The van der Waals surface area contributed by atoms with Crippen molar-refractivity contribution >= 4 is 5.82 Å². The van der Waals surface area contributed by atoms with Gasteiger partial charge in [0, 0.05) is 19.1 Å². The number of aromatic nitrogens is 2. The van der Waals surface area contributed by atoms with Crippen LogP contribution in [0.2, 0.25) is 0 Å². The minimum absolute atomic E-state index is 0.505. The van der Waals surface area contributed by atoms with Gasteiger partial charge in [0.25, 0.3) is 0 Å². The van der Waals surface area contributed by atoms with Crippen molar-refractivity contribution in [2.75, 3.05) is 24.5 Å². The van der Waals surface area contributed by atoms with Crippen LogP contribution < -0.4 is 10.2 Å². The Hall–Kier alpha value is -1.67. The summed E-state index contributed by atoms with van der Waals surface area (Å²) in [6, 6.07) is 4.46. The van der Waals surface area contributed by atoms with Crippen LogP contribution in [-0.4, -0.2) is 35.9 Å². The van der Waals surface area contributed by atoms with Crippen LogP contribution in [0.25, 0.3) is 0 Å². The fraction of sp³-hybridized carbons (Fsp3) is 0.643. The Morgan fingerprint density at radius 3 is 3.16 bits per heavy atom. The van der Waals surface area contributed by atoms with E-state index in [4.69, 9.17) is 0 Å². The minimum atomic E-state index is 0.505. The number of unbranched alkanes of at least 4 members (excludes halogenated alkanes) is 1. The van der Waals surface area contributed by atoms with E-state index in [1.165, 1.54) is 12.8 Å². The molecule has 1 aliphatic rings. The van der Waals surface area contributed by atoms with Crippen LogP contribution in [0.1, 0.15) is 38.2 Å². The molecule has 5 heteroatoms. The normalized spacial score (nSPS) is 18.2. The van der Waals surface area contributed by atoms with Gasteiger partial charge in [-0.1, -0.05) is 13.3 Å². The summed E-state index contributed by atoms with van der Waals surface area (Å²) in [7, 11) is 0. The fourth-order valence-electron chi connectivity index (χ4n) is 2.46. The van der Waals surface area contributed by atoms with Crippen molar-refractivity contribution in [1.82, 2.24) is 15.5 Å². The third kappa shape index (κ3) is 3.65. The second-order valence-electron chi connectivity index (χ2n) is 4.97. The Morgan fingerprint density at radius 1 is 1.58 bits per heavy atom. The Balaban J connectivity index is 2.13. The summed E-state index contributed by atoms with van der Waals surface area (Å²) in [6.07, 6.45) is 6.25. The van der Waals surface area contributed by atoms with E-state index in [-0.39, 0.29) is 0 Å². The quantitative estimate of drug-likeness (QED) is 0.842. The number of hydrogen-bond donors (Lipinski definition) is 1. The average Bonchev–Trinajstić information content (AvgIpc) is 2.96. The zero-order valence-electron chi connectivity index (χ0n) is 11.5. The number of hydrogen-bond acceptors (Lipinski definition) is 5. The monoisotopic (exact) mass is 259 g/mol. The first-order valence-electron chi connectivity index (χ1n) is 7.05. The van der Waals surface area contributed by atoms with E-state index in [0.29, 0.717) is 11.6 Å². The van der Waals surface area contributed by atoms with Gasteiger partial charge in [-0.05, 0) is 31.9 Å². The maximum atomic E-state index is 9.19. The molecular weight excluding hydrogens is 238 g/mol. The topological polar surface area (TPSA) is 64.8 Å². The molecule has 0 bridgehead atoms. The molecule has 19 heavy (non-hydrogen) atoms. The van der Waals surface area contributed by atoms with Gasteiger partial charge in [0.15, 0.2) is 5.82 Å². The highest BCUT2D eigenvalue weighted by atomic mass is 15.3. The van der Waals surface area contributed by atoms with Gasteiger partial charge in [0.1, 0.15) is 6.07 Å². The summed E-state index contributed by atoms with van der Waals surface area (Å²) < 4.78 is 0. The molecule has 0 amide bonds. The van der Waals surface area contributed by atoms with Crippen molar-refractivity contribution in [1.29, 1.82) is 5.26 Å². The second kappa shape index (κ2) is 7.05. The molecule has 1 aromatic rings. The van der Waals surface area contributed by atoms with Crippen LogP contribution in [0.3, 0.4) is 0 Å². The number of nitriles is 1. The first-order chi connectivity index (χ1) is 9.35. The van der Waals surface area contributed by atoms with Crippen LogP contribution >= 0.6 is 0 Å². The van der Waals surface area contributed by atoms with Crippen molar-refractivity contribution in [3.05, 3.63) is 17.8 Å². The summed E-state index contributed by atoms with van der Waals surface area (Å²) >= 11 is 0. The lowest BCUT2D eigenvalue weighted by molar-refractivity contribution is 0.567. The van der Waals surface area contributed by atoms with Gasteiger partial charge in [0.2, 0.25) is 0 Å². The van der Waals surface area contributed by atoms with Gasteiger partial charge in [0.05, 0.1) is 11.8 Å². The van der Waals surface area contributed by atoms with Gasteiger partial charge in [-0.15, -0.1) is 5.10 Å². The van der Waals surface area contributed by atoms with Crippen molar-refractivity contribution in [2.45, 2.75) is 38.6 Å². The Labute approximate surface area is 114 Å². The molecule has 2 heterocycles. The molecule has 1 aromatic heterocycles. The molecule has 1 atom stereocenters. The van der Waals surface area contributed by atoms with Gasteiger partial charge in [-0.3, -0.25) is 0 Å². The minimum Gasteiger partial charge on any atom is -0.352 e. The molecule has 1 fully saturated rings. The lowest BCUT2D eigenvalue weighted by Gasteiger charge is -2.26. The highest BCUT2D eigenvalue weighted by Gasteiger charge is 2.20. The summed E-state index contributed by atoms with van der Waals surface area (Å²) in [5.74, 6) is 0.729. The van der Waals surface area contributed by atoms with Gasteiger partial charge >= 0.3 is 0 Å². The molecule has 1 N–H and O–H groups in total. The van der Waals surface area contributed by atoms with Crippen LogP contribution in [0, 0.1) is 11.3 Å². The summed E-state index contributed by atoms with van der Waals surface area (Å²) in [6.45, 7) is 5.11. The van der Waals surface area contributed by atoms with Gasteiger partial charge in [-0.25, -0.2) is 0 Å². The maximum absolute atomic E-state index is 9.19. The molecule has 0 aliphatic carbocycles. The number of nitrogens with zero attached hydrogens (tertiary/aromatic N) is 4. The van der Waals surface area contributed by atoms with Crippen LogP contribution in [0.5, 0.6) is 0 Å². The van der Waals surface area contributed by atoms with Crippen molar-refractivity contribution < 1.29 is 0 Å². The molecule has 2 rings (SSSR count). The molecule has 0 aromatic carbocycles. The van der Waals surface area contributed by atoms with Crippen LogP contribution in [-0.2, 0) is 0 Å². The maximum Gasteiger partial charge on any atom is 0.169 e.